The molecule has 37 heavy (non-hydrogen) atoms. The second kappa shape index (κ2) is 10.2. The van der Waals surface area contributed by atoms with Crippen LogP contribution >= 0.6 is 11.6 Å². The molecule has 0 aliphatic carbocycles. The van der Waals surface area contributed by atoms with Crippen LogP contribution in [0.2, 0.25) is 5.02 Å². The van der Waals surface area contributed by atoms with Crippen LogP contribution in [0.25, 0.3) is 10.8 Å². The Morgan fingerprint density at radius 1 is 1.11 bits per heavy atom. The third-order valence-corrected chi connectivity index (χ3v) is 6.39. The van der Waals surface area contributed by atoms with Crippen molar-refractivity contribution in [1.82, 2.24) is 5.16 Å². The number of hydrogen-bond donors (Lipinski definition) is 2. The molecule has 8 heteroatoms. The van der Waals surface area contributed by atoms with Gasteiger partial charge in [0.1, 0.15) is 5.82 Å². The molecule has 4 rings (SSSR count). The first-order chi connectivity index (χ1) is 17.5. The number of carbonyl (C=O) groups is 1. The maximum Gasteiger partial charge on any atom is 0.366 e. The predicted molar refractivity (Wildman–Crippen MR) is 141 cm³/mol. The van der Waals surface area contributed by atoms with Crippen molar-refractivity contribution in [3.63, 3.8) is 0 Å². The summed E-state index contributed by atoms with van der Waals surface area (Å²) in [7, 11) is 0. The Morgan fingerprint density at radius 2 is 1.84 bits per heavy atom. The minimum Gasteiger partial charge on any atom is -0.369 e. The van der Waals surface area contributed by atoms with Crippen molar-refractivity contribution in [2.24, 2.45) is 0 Å². The van der Waals surface area contributed by atoms with Crippen LogP contribution < -0.4 is 10.9 Å². The van der Waals surface area contributed by atoms with Gasteiger partial charge in [0.25, 0.3) is 5.91 Å². The van der Waals surface area contributed by atoms with Gasteiger partial charge in [-0.2, -0.15) is 0 Å². The summed E-state index contributed by atoms with van der Waals surface area (Å²) in [6.07, 6.45) is -0.144. The zero-order valence-electron chi connectivity index (χ0n) is 20.4. The van der Waals surface area contributed by atoms with Gasteiger partial charge in [-0.3, -0.25) is 4.79 Å². The van der Waals surface area contributed by atoms with Gasteiger partial charge < -0.3 is 14.9 Å². The quantitative estimate of drug-likeness (QED) is 0.346. The lowest BCUT2D eigenvalue weighted by atomic mass is 9.75. The summed E-state index contributed by atoms with van der Waals surface area (Å²) in [6, 6.07) is 17.6. The molecule has 0 saturated carbocycles. The smallest absolute Gasteiger partial charge is 0.366 e. The first-order valence-corrected chi connectivity index (χ1v) is 11.8. The first kappa shape index (κ1) is 26.1. The van der Waals surface area contributed by atoms with Crippen molar-refractivity contribution in [3.05, 3.63) is 105 Å². The Hall–Kier alpha value is -3.99. The Bertz CT molecular complexity index is 1610. The van der Waals surface area contributed by atoms with Crippen LogP contribution in [0.3, 0.4) is 0 Å². The van der Waals surface area contributed by atoms with Gasteiger partial charge >= 0.3 is 5.63 Å². The van der Waals surface area contributed by atoms with Gasteiger partial charge in [0.15, 0.2) is 0 Å². The number of aromatic nitrogens is 1. The third kappa shape index (κ3) is 5.72. The molecule has 0 spiro atoms. The zero-order valence-corrected chi connectivity index (χ0v) is 21.2. The SMILES string of the molecule is Cc1noc(=O)c2ccc(NC(=O)C(O)(C#Cc3ccccc3)CC(C)(C)c3ccc(F)cc3Cl)cc12. The van der Waals surface area contributed by atoms with Crippen molar-refractivity contribution < 1.29 is 18.8 Å². The van der Waals surface area contributed by atoms with E-state index in [4.69, 9.17) is 16.1 Å². The molecule has 0 aliphatic rings. The zero-order chi connectivity index (χ0) is 26.8. The highest BCUT2D eigenvalue weighted by Gasteiger charge is 2.41. The molecule has 1 heterocycles. The lowest BCUT2D eigenvalue weighted by Crippen LogP contribution is -2.46. The number of rotatable bonds is 5. The Labute approximate surface area is 218 Å². The minimum atomic E-state index is -2.16. The molecular weight excluding hydrogens is 495 g/mol. The molecule has 2 N–H and O–H groups in total. The lowest BCUT2D eigenvalue weighted by molar-refractivity contribution is -0.130. The van der Waals surface area contributed by atoms with E-state index in [2.05, 4.69) is 22.3 Å². The number of nitrogens with one attached hydrogen (secondary N) is 1. The fourth-order valence-electron chi connectivity index (χ4n) is 4.19. The third-order valence-electron chi connectivity index (χ3n) is 6.07. The van der Waals surface area contributed by atoms with Gasteiger partial charge in [0, 0.05) is 28.1 Å². The molecule has 1 atom stereocenters. The van der Waals surface area contributed by atoms with Crippen molar-refractivity contribution >= 4 is 34.0 Å². The maximum atomic E-state index is 13.7. The number of aryl methyl sites for hydroxylation is 1. The summed E-state index contributed by atoms with van der Waals surface area (Å²) >= 11 is 6.31. The Kier molecular flexibility index (Phi) is 7.17. The first-order valence-electron chi connectivity index (χ1n) is 11.5. The number of benzene rings is 3. The second-order valence-corrected chi connectivity index (χ2v) is 9.84. The lowest BCUT2D eigenvalue weighted by Gasteiger charge is -2.33. The van der Waals surface area contributed by atoms with Gasteiger partial charge in [0.05, 0.1) is 11.1 Å². The molecular formula is C29H24ClFN2O4. The summed E-state index contributed by atoms with van der Waals surface area (Å²) in [5, 5.41) is 19.1. The van der Waals surface area contributed by atoms with Crippen molar-refractivity contribution in [2.45, 2.75) is 38.2 Å². The molecule has 0 bridgehead atoms. The topological polar surface area (TPSA) is 92.4 Å². The largest absolute Gasteiger partial charge is 0.369 e. The van der Waals surface area contributed by atoms with Crippen LogP contribution in [0.4, 0.5) is 10.1 Å². The number of fused-ring (bicyclic) bond motifs is 1. The van der Waals surface area contributed by atoms with E-state index >= 15 is 0 Å². The average molecular weight is 519 g/mol. The normalized spacial score (nSPS) is 12.9. The molecule has 1 aromatic heterocycles. The van der Waals surface area contributed by atoms with E-state index in [9.17, 15) is 19.1 Å². The van der Waals surface area contributed by atoms with Crippen LogP contribution in [0.5, 0.6) is 0 Å². The number of aliphatic hydroxyl groups is 1. The molecule has 0 saturated heterocycles. The highest BCUT2D eigenvalue weighted by atomic mass is 35.5. The fraction of sp³-hybridized carbons (Fsp3) is 0.207. The number of nitrogens with zero attached hydrogens (tertiary/aromatic N) is 1. The van der Waals surface area contributed by atoms with Crippen LogP contribution in [-0.2, 0) is 10.2 Å². The average Bonchev–Trinajstić information content (AvgIpc) is 2.85. The van der Waals surface area contributed by atoms with Gasteiger partial charge in [-0.25, -0.2) is 9.18 Å². The van der Waals surface area contributed by atoms with Crippen LogP contribution in [0, 0.1) is 24.6 Å². The monoisotopic (exact) mass is 518 g/mol. The molecule has 0 aliphatic heterocycles. The number of amides is 1. The summed E-state index contributed by atoms with van der Waals surface area (Å²) in [5.41, 5.74) is -1.64. The van der Waals surface area contributed by atoms with E-state index in [-0.39, 0.29) is 11.4 Å². The minimum absolute atomic E-state index is 0.144. The van der Waals surface area contributed by atoms with Crippen LogP contribution in [0.1, 0.15) is 37.1 Å². The molecule has 6 nitrogen and oxygen atoms in total. The molecule has 1 unspecified atom stereocenters. The van der Waals surface area contributed by atoms with Gasteiger partial charge in [-0.15, -0.1) is 0 Å². The van der Waals surface area contributed by atoms with Gasteiger partial charge in [-0.05, 0) is 60.4 Å². The Balaban J connectivity index is 1.73. The summed E-state index contributed by atoms with van der Waals surface area (Å²) in [6.45, 7) is 5.26. The highest BCUT2D eigenvalue weighted by molar-refractivity contribution is 6.31. The molecule has 4 aromatic rings. The standard InChI is InChI=1S/C29H24ClFN2O4/c1-18-23-16-21(10-11-22(23)26(34)37-33-18)32-27(35)29(36,14-13-19-7-5-4-6-8-19)17-28(2,3)24-12-9-20(31)15-25(24)30/h4-12,15-16,36H,17H2,1-3H3,(H,32,35). The summed E-state index contributed by atoms with van der Waals surface area (Å²) in [4.78, 5) is 25.5. The molecule has 0 radical (unpaired) electrons. The highest BCUT2D eigenvalue weighted by Crippen LogP contribution is 2.37. The summed E-state index contributed by atoms with van der Waals surface area (Å²) in [5.74, 6) is 4.37. The van der Waals surface area contributed by atoms with E-state index in [1.807, 2.05) is 6.07 Å². The van der Waals surface area contributed by atoms with Crippen molar-refractivity contribution in [3.8, 4) is 11.8 Å². The molecule has 188 valence electrons. The van der Waals surface area contributed by atoms with Crippen LogP contribution in [0.15, 0.2) is 76.0 Å². The van der Waals surface area contributed by atoms with E-state index in [1.54, 1.807) is 51.1 Å². The van der Waals surface area contributed by atoms with Gasteiger partial charge in [0.2, 0.25) is 5.60 Å². The number of anilines is 1. The van der Waals surface area contributed by atoms with E-state index in [0.29, 0.717) is 33.3 Å². The predicted octanol–water partition coefficient (Wildman–Crippen LogP) is 5.38. The van der Waals surface area contributed by atoms with Crippen LogP contribution in [-0.4, -0.2) is 21.8 Å². The van der Waals surface area contributed by atoms with E-state index in [0.717, 1.165) is 0 Å². The summed E-state index contributed by atoms with van der Waals surface area (Å²) < 4.78 is 18.4. The molecule has 0 fully saturated rings. The number of carbonyl (C=O) groups excluding carboxylic acids is 1. The maximum absolute atomic E-state index is 13.7. The van der Waals surface area contributed by atoms with E-state index < -0.39 is 28.4 Å². The Morgan fingerprint density at radius 3 is 2.54 bits per heavy atom. The van der Waals surface area contributed by atoms with Gasteiger partial charge in [-0.1, -0.05) is 66.7 Å². The number of halogens is 2. The van der Waals surface area contributed by atoms with Crippen molar-refractivity contribution in [2.75, 3.05) is 5.32 Å². The van der Waals surface area contributed by atoms with Crippen molar-refractivity contribution in [1.29, 1.82) is 0 Å². The van der Waals surface area contributed by atoms with E-state index in [1.165, 1.54) is 30.3 Å². The molecule has 1 amide bonds. The fourth-order valence-corrected chi connectivity index (χ4v) is 4.62. The second-order valence-electron chi connectivity index (χ2n) is 9.43. The molecule has 3 aromatic carbocycles. The number of hydrogen-bond acceptors (Lipinski definition) is 5.